The summed E-state index contributed by atoms with van der Waals surface area (Å²) in [5.41, 5.74) is 8.96. The maximum Gasteiger partial charge on any atom is 0.596 e. The number of hydrogen-bond donors (Lipinski definition) is 0. The van der Waals surface area contributed by atoms with Crippen LogP contribution in [0.15, 0.2) is 0 Å². The van der Waals surface area contributed by atoms with Crippen molar-refractivity contribution in [2.75, 3.05) is 13.2 Å². The van der Waals surface area contributed by atoms with Gasteiger partial charge in [-0.3, -0.25) is 0 Å². The third-order valence-corrected chi connectivity index (χ3v) is 5.63. The van der Waals surface area contributed by atoms with Crippen LogP contribution in [-0.2, 0) is 9.47 Å². The number of carbonyl (C=O) groups is 2. The normalized spacial score (nSPS) is 15.6. The average Bonchev–Trinajstić information content (AvgIpc) is 2.89. The smallest absolute Gasteiger partial charge is 0.481 e. The molecule has 0 aliphatic carbocycles. The number of imide groups is 1. The fourth-order valence-corrected chi connectivity index (χ4v) is 2.65. The first-order chi connectivity index (χ1) is 21.4. The van der Waals surface area contributed by atoms with Crippen molar-refractivity contribution in [2.45, 2.75) is 84.4 Å². The van der Waals surface area contributed by atoms with Gasteiger partial charge < -0.3 is 15.0 Å². The minimum atomic E-state index is -8.33. The molecule has 0 unspecified atom stereocenters. The van der Waals surface area contributed by atoms with E-state index in [2.05, 4.69) is 9.47 Å². The second-order valence-corrected chi connectivity index (χ2v) is 9.04. The molecule has 0 saturated heterocycles. The molecule has 6 nitrogen and oxygen atoms in total. The van der Waals surface area contributed by atoms with E-state index in [0.29, 0.717) is 0 Å². The highest BCUT2D eigenvalue weighted by atomic mass is 19.4. The zero-order chi connectivity index (χ0) is 41.0. The largest absolute Gasteiger partial charge is 0.596 e. The molecule has 0 aromatic carbocycles. The average molecular weight is 810 g/mol. The predicted octanol–water partition coefficient (Wildman–Crippen LogP) is 9.55. The van der Waals surface area contributed by atoms with Crippen molar-refractivity contribution in [3.05, 3.63) is 5.53 Å². The predicted molar refractivity (Wildman–Crippen MR) is 97.1 cm³/mol. The van der Waals surface area contributed by atoms with Crippen LogP contribution in [-0.4, -0.2) is 102 Å². The summed E-state index contributed by atoms with van der Waals surface area (Å²) in [6.07, 6.45) is -28.2. The lowest BCUT2D eigenvalue weighted by molar-refractivity contribution is -0.441. The maximum absolute atomic E-state index is 13.6. The minimum absolute atomic E-state index is 1.88. The van der Waals surface area contributed by atoms with E-state index >= 15 is 0 Å². The fraction of sp³-hybridized carbons (Fsp3) is 0.889. The van der Waals surface area contributed by atoms with E-state index in [-0.39, 0.29) is 0 Å². The number of carbonyl (C=O) groups excluding carboxylic acids is 2. The van der Waals surface area contributed by atoms with E-state index in [9.17, 15) is 124 Å². The van der Waals surface area contributed by atoms with Crippen molar-refractivity contribution in [1.82, 2.24) is 0 Å². The molecule has 0 heterocycles. The van der Waals surface area contributed by atoms with Gasteiger partial charge in [-0.05, 0) is 0 Å². The van der Waals surface area contributed by atoms with Gasteiger partial charge in [-0.2, -0.15) is 124 Å². The van der Waals surface area contributed by atoms with Crippen LogP contribution < -0.4 is 0 Å². The van der Waals surface area contributed by atoms with Gasteiger partial charge in [-0.1, -0.05) is 0 Å². The zero-order valence-corrected chi connectivity index (χ0v) is 22.2. The maximum atomic E-state index is 13.6. The molecule has 32 heteroatoms. The second-order valence-electron chi connectivity index (χ2n) is 9.04. The molecule has 0 spiro atoms. The quantitative estimate of drug-likeness (QED) is 0.0996. The van der Waals surface area contributed by atoms with Crippen molar-refractivity contribution in [3.63, 3.8) is 0 Å². The molecule has 0 N–H and O–H groups in total. The summed E-state index contributed by atoms with van der Waals surface area (Å²) < 4.78 is 342. The van der Waals surface area contributed by atoms with Gasteiger partial charge in [-0.15, -0.1) is 4.70 Å². The Morgan fingerprint density at radius 1 is 0.380 bits per heavy atom. The first-order valence-corrected chi connectivity index (χ1v) is 11.2. The van der Waals surface area contributed by atoms with Gasteiger partial charge in [0, 0.05) is 0 Å². The van der Waals surface area contributed by atoms with Crippen molar-refractivity contribution in [3.8, 4) is 0 Å². The van der Waals surface area contributed by atoms with Gasteiger partial charge >= 0.3 is 83.8 Å². The molecule has 0 aliphatic rings. The van der Waals surface area contributed by atoms with Crippen LogP contribution in [0.2, 0.25) is 0 Å². The molecule has 0 saturated carbocycles. The first-order valence-electron chi connectivity index (χ1n) is 11.2. The highest BCUT2D eigenvalue weighted by molar-refractivity contribution is 5.72. The number of alkyl halides is 26. The van der Waals surface area contributed by atoms with E-state index in [1.54, 1.807) is 0 Å². The van der Waals surface area contributed by atoms with Gasteiger partial charge in [0.05, 0.1) is 12.8 Å². The standard InChI is InChI=1S/C18H8F26N2O4/c19-7(20,9(23,24)11(27,28)13(31,32)15(35,36)17(39,40)41)1-3-49-5(47)46(45)6(48)50-4-2-8(21,22)10(25,26)12(29,30)14(33,34)16(37,38)18(42,43)44/h1-4H2. The third kappa shape index (κ3) is 7.23. The molecule has 0 fully saturated rings. The number of nitrogens with zero attached hydrogens (tertiary/aromatic N) is 2. The van der Waals surface area contributed by atoms with Crippen LogP contribution >= 0.6 is 0 Å². The molecule has 2 amide bonds. The van der Waals surface area contributed by atoms with Crippen LogP contribution in [0.1, 0.15) is 12.8 Å². The Labute approximate surface area is 254 Å². The second kappa shape index (κ2) is 13.0. The zero-order valence-electron chi connectivity index (χ0n) is 22.2. The Bertz CT molecular complexity index is 1170. The molecule has 0 aromatic heterocycles. The lowest BCUT2D eigenvalue weighted by Crippen LogP contribution is -2.70. The molecule has 50 heavy (non-hydrogen) atoms. The third-order valence-electron chi connectivity index (χ3n) is 5.63. The van der Waals surface area contributed by atoms with E-state index in [0.717, 1.165) is 0 Å². The highest BCUT2D eigenvalue weighted by Gasteiger charge is 2.92. The van der Waals surface area contributed by atoms with Gasteiger partial charge in [-0.25, -0.2) is 0 Å². The van der Waals surface area contributed by atoms with Crippen LogP contribution in [0.3, 0.4) is 0 Å². The first kappa shape index (κ1) is 46.7. The Balaban J connectivity index is 5.66. The van der Waals surface area contributed by atoms with Gasteiger partial charge in [0.2, 0.25) is 0 Å². The Morgan fingerprint density at radius 3 is 0.780 bits per heavy atom. The van der Waals surface area contributed by atoms with Crippen LogP contribution in [0, 0.1) is 0 Å². The Hall–Kier alpha value is -3.28. The molecule has 0 atom stereocenters. The molecule has 0 bridgehead atoms. The lowest BCUT2D eigenvalue weighted by atomic mass is 9.93. The Morgan fingerprint density at radius 2 is 0.580 bits per heavy atom. The topological polar surface area (TPSA) is 77.9 Å². The number of ether oxygens (including phenoxy) is 2. The molecular weight excluding hydrogens is 802 g/mol. The summed E-state index contributed by atoms with van der Waals surface area (Å²) >= 11 is 0. The van der Waals surface area contributed by atoms with E-state index in [1.165, 1.54) is 0 Å². The van der Waals surface area contributed by atoms with Crippen LogP contribution in [0.5, 0.6) is 0 Å². The molecule has 0 rings (SSSR count). The summed E-state index contributed by atoms with van der Waals surface area (Å²) in [7, 11) is 0. The number of rotatable bonds is 14. The van der Waals surface area contributed by atoms with E-state index < -0.39 is 115 Å². The molecule has 0 aromatic rings. The van der Waals surface area contributed by atoms with Crippen LogP contribution in [0.4, 0.5) is 124 Å². The molecule has 296 valence electrons. The SMILES string of the molecule is [N-]=[N+](C(=O)OCCC(F)(F)C(F)(F)C(F)(F)C(F)(F)C(F)(F)C(F)(F)F)C(=O)OCCC(F)(F)C(F)(F)C(F)(F)C(F)(F)C(F)(F)C(F)(F)F. The summed E-state index contributed by atoms with van der Waals surface area (Å²) in [6.45, 7) is -5.33. The Kier molecular flexibility index (Phi) is 12.2. The van der Waals surface area contributed by atoms with E-state index in [4.69, 9.17) is 5.53 Å². The van der Waals surface area contributed by atoms with Crippen molar-refractivity contribution in [2.24, 2.45) is 0 Å². The molecule has 0 radical (unpaired) electrons. The summed E-state index contributed by atoms with van der Waals surface area (Å²) in [5, 5.41) is 0. The van der Waals surface area contributed by atoms with Crippen molar-refractivity contribution in [1.29, 1.82) is 0 Å². The summed E-state index contributed by atoms with van der Waals surface area (Å²) in [5.74, 6) is -79.1. The number of amides is 2. The fourth-order valence-electron chi connectivity index (χ4n) is 2.65. The van der Waals surface area contributed by atoms with Crippen molar-refractivity contribution >= 4 is 12.2 Å². The molecule has 0 aliphatic heterocycles. The number of halogens is 26. The van der Waals surface area contributed by atoms with Crippen LogP contribution in [0.25, 0.3) is 5.53 Å². The minimum Gasteiger partial charge on any atom is -0.481 e. The summed E-state index contributed by atoms with van der Waals surface area (Å²) in [6, 6.07) is 0. The highest BCUT2D eigenvalue weighted by Crippen LogP contribution is 2.62. The van der Waals surface area contributed by atoms with E-state index in [1.807, 2.05) is 0 Å². The van der Waals surface area contributed by atoms with Gasteiger partial charge in [0.25, 0.3) is 0 Å². The monoisotopic (exact) mass is 810 g/mol. The van der Waals surface area contributed by atoms with Crippen molar-refractivity contribution < 1.29 is 138 Å². The van der Waals surface area contributed by atoms with Gasteiger partial charge in [0.15, 0.2) is 0 Å². The molecular formula is C18H8F26N2O4. The summed E-state index contributed by atoms with van der Waals surface area (Å²) in [4.78, 5) is 22.5. The lowest BCUT2D eigenvalue weighted by Gasteiger charge is -2.39. The van der Waals surface area contributed by atoms with Gasteiger partial charge in [0.1, 0.15) is 13.2 Å². The number of hydrogen-bond acceptors (Lipinski definition) is 4.